The van der Waals surface area contributed by atoms with Crippen molar-refractivity contribution in [3.05, 3.63) is 29.8 Å². The fourth-order valence-corrected chi connectivity index (χ4v) is 2.53. The third-order valence-electron chi connectivity index (χ3n) is 3.63. The lowest BCUT2D eigenvalue weighted by Gasteiger charge is -2.31. The molecule has 4 nitrogen and oxygen atoms in total. The van der Waals surface area contributed by atoms with Crippen LogP contribution in [0, 0.1) is 0 Å². The van der Waals surface area contributed by atoms with Gasteiger partial charge in [-0.2, -0.15) is 0 Å². The van der Waals surface area contributed by atoms with Gasteiger partial charge in [-0.1, -0.05) is 18.2 Å². The highest BCUT2D eigenvalue weighted by molar-refractivity contribution is 5.85. The van der Waals surface area contributed by atoms with Crippen molar-refractivity contribution in [3.63, 3.8) is 0 Å². The summed E-state index contributed by atoms with van der Waals surface area (Å²) in [5.74, 6) is 0.144. The first-order valence-electron chi connectivity index (χ1n) is 7.00. The Morgan fingerprint density at radius 2 is 2.26 bits per heavy atom. The molecule has 1 unspecified atom stereocenters. The van der Waals surface area contributed by atoms with Gasteiger partial charge in [0.25, 0.3) is 0 Å². The van der Waals surface area contributed by atoms with E-state index in [0.717, 1.165) is 18.5 Å². The third-order valence-corrected chi connectivity index (χ3v) is 3.63. The van der Waals surface area contributed by atoms with E-state index in [1.54, 1.807) is 0 Å². The molecule has 1 aliphatic heterocycles. The predicted octanol–water partition coefficient (Wildman–Crippen LogP) is 1.64. The molecule has 1 aromatic carbocycles. The molecule has 0 aromatic heterocycles. The van der Waals surface area contributed by atoms with E-state index in [0.29, 0.717) is 19.5 Å². The first-order chi connectivity index (χ1) is 9.26. The van der Waals surface area contributed by atoms with Gasteiger partial charge in [-0.05, 0) is 37.8 Å². The molecule has 0 bridgehead atoms. The number of rotatable bonds is 5. The topological polar surface area (TPSA) is 52.6 Å². The molecule has 0 fully saturated rings. The van der Waals surface area contributed by atoms with Crippen LogP contribution in [0.15, 0.2) is 24.3 Å². The van der Waals surface area contributed by atoms with Gasteiger partial charge >= 0.3 is 0 Å². The second-order valence-electron chi connectivity index (χ2n) is 4.89. The largest absolute Gasteiger partial charge is 0.396 e. The fourth-order valence-electron chi connectivity index (χ4n) is 2.53. The Kier molecular flexibility index (Phi) is 4.80. The van der Waals surface area contributed by atoms with Gasteiger partial charge in [0.1, 0.15) is 6.04 Å². The van der Waals surface area contributed by atoms with Crippen LogP contribution >= 0.6 is 0 Å². The summed E-state index contributed by atoms with van der Waals surface area (Å²) >= 11 is 0. The molecule has 1 heterocycles. The lowest BCUT2D eigenvalue weighted by molar-refractivity contribution is -0.132. The molecule has 0 saturated heterocycles. The Morgan fingerprint density at radius 1 is 1.47 bits per heavy atom. The summed E-state index contributed by atoms with van der Waals surface area (Å²) < 4.78 is 0. The van der Waals surface area contributed by atoms with E-state index in [4.69, 9.17) is 5.11 Å². The van der Waals surface area contributed by atoms with Gasteiger partial charge in [-0.25, -0.2) is 0 Å². The van der Waals surface area contributed by atoms with Crippen molar-refractivity contribution in [1.29, 1.82) is 0 Å². The number of fused-ring (bicyclic) bond motifs is 1. The number of hydrogen-bond donors (Lipinski definition) is 2. The van der Waals surface area contributed by atoms with Crippen molar-refractivity contribution in [1.82, 2.24) is 4.90 Å². The Labute approximate surface area is 114 Å². The maximum Gasteiger partial charge on any atom is 0.245 e. The molecule has 0 spiro atoms. The van der Waals surface area contributed by atoms with Crippen LogP contribution in [0.1, 0.15) is 25.3 Å². The number of aryl methyl sites for hydroxylation is 1. The monoisotopic (exact) mass is 262 g/mol. The summed E-state index contributed by atoms with van der Waals surface area (Å²) in [6, 6.07) is 8.02. The van der Waals surface area contributed by atoms with E-state index in [1.807, 2.05) is 30.0 Å². The van der Waals surface area contributed by atoms with Crippen LogP contribution in [0.4, 0.5) is 5.69 Å². The molecule has 2 N–H and O–H groups in total. The highest BCUT2D eigenvalue weighted by Gasteiger charge is 2.26. The third kappa shape index (κ3) is 3.26. The number of carbonyl (C=O) groups is 1. The van der Waals surface area contributed by atoms with Crippen LogP contribution in [-0.2, 0) is 11.2 Å². The van der Waals surface area contributed by atoms with Crippen LogP contribution in [-0.4, -0.2) is 41.7 Å². The van der Waals surface area contributed by atoms with Crippen molar-refractivity contribution < 1.29 is 9.90 Å². The zero-order valence-electron chi connectivity index (χ0n) is 11.4. The summed E-state index contributed by atoms with van der Waals surface area (Å²) in [4.78, 5) is 14.2. The van der Waals surface area contributed by atoms with Crippen LogP contribution in [0.25, 0.3) is 0 Å². The van der Waals surface area contributed by atoms with E-state index in [2.05, 4.69) is 11.4 Å². The lowest BCUT2D eigenvalue weighted by atomic mass is 9.97. The molecule has 1 amide bonds. The number of amides is 1. The number of carbonyl (C=O) groups excluding carboxylic acids is 1. The summed E-state index contributed by atoms with van der Waals surface area (Å²) in [6.45, 7) is 3.43. The fraction of sp³-hybridized carbons (Fsp3) is 0.533. The average molecular weight is 262 g/mol. The number of likely N-dealkylation sites (N-methyl/N-ethyl adjacent to an activating group) is 1. The molecule has 0 radical (unpaired) electrons. The minimum Gasteiger partial charge on any atom is -0.396 e. The minimum absolute atomic E-state index is 0.130. The molecule has 1 atom stereocenters. The second-order valence-corrected chi connectivity index (χ2v) is 4.89. The quantitative estimate of drug-likeness (QED) is 0.848. The van der Waals surface area contributed by atoms with E-state index in [-0.39, 0.29) is 18.6 Å². The Bertz CT molecular complexity index is 434. The van der Waals surface area contributed by atoms with Crippen LogP contribution in [0.5, 0.6) is 0 Å². The summed E-state index contributed by atoms with van der Waals surface area (Å²) in [7, 11) is 0. The first kappa shape index (κ1) is 13.9. The van der Waals surface area contributed by atoms with E-state index in [1.165, 1.54) is 5.56 Å². The number of aliphatic hydroxyl groups is 1. The van der Waals surface area contributed by atoms with Crippen LogP contribution in [0.2, 0.25) is 0 Å². The van der Waals surface area contributed by atoms with Gasteiger partial charge in [0.05, 0.1) is 0 Å². The Hall–Kier alpha value is -1.55. The van der Waals surface area contributed by atoms with E-state index < -0.39 is 0 Å². The number of para-hydroxylation sites is 1. The molecule has 2 rings (SSSR count). The number of nitrogens with zero attached hydrogens (tertiary/aromatic N) is 1. The Balaban J connectivity index is 2.01. The summed E-state index contributed by atoms with van der Waals surface area (Å²) in [6.07, 6.45) is 2.42. The maximum atomic E-state index is 12.4. The number of anilines is 1. The number of hydrogen-bond acceptors (Lipinski definition) is 3. The Morgan fingerprint density at radius 3 is 3.00 bits per heavy atom. The standard InChI is InChI=1S/C15H22N2O2/c1-2-17(10-5-11-18)15(19)14-9-8-12-6-3-4-7-13(12)16-14/h3-4,6-7,14,16,18H,2,5,8-11H2,1H3. The zero-order chi connectivity index (χ0) is 13.7. The number of nitrogens with one attached hydrogen (secondary N) is 1. The van der Waals surface area contributed by atoms with E-state index in [9.17, 15) is 4.79 Å². The van der Waals surface area contributed by atoms with Gasteiger partial charge in [-0.15, -0.1) is 0 Å². The van der Waals surface area contributed by atoms with E-state index >= 15 is 0 Å². The van der Waals surface area contributed by atoms with Crippen molar-refractivity contribution in [3.8, 4) is 0 Å². The molecule has 1 aliphatic rings. The number of aliphatic hydroxyl groups excluding tert-OH is 1. The van der Waals surface area contributed by atoms with Crippen molar-refractivity contribution in [2.75, 3.05) is 25.0 Å². The number of benzene rings is 1. The van der Waals surface area contributed by atoms with Crippen molar-refractivity contribution in [2.45, 2.75) is 32.2 Å². The van der Waals surface area contributed by atoms with Gasteiger partial charge in [-0.3, -0.25) is 4.79 Å². The molecule has 0 aliphatic carbocycles. The van der Waals surface area contributed by atoms with Gasteiger partial charge in [0.15, 0.2) is 0 Å². The maximum absolute atomic E-state index is 12.4. The molecule has 4 heteroatoms. The SMILES string of the molecule is CCN(CCCO)C(=O)C1CCc2ccccc2N1. The smallest absolute Gasteiger partial charge is 0.245 e. The highest BCUT2D eigenvalue weighted by Crippen LogP contribution is 2.25. The van der Waals surface area contributed by atoms with Gasteiger partial charge in [0, 0.05) is 25.4 Å². The highest BCUT2D eigenvalue weighted by atomic mass is 16.3. The minimum atomic E-state index is -0.131. The molecule has 0 saturated carbocycles. The lowest BCUT2D eigenvalue weighted by Crippen LogP contribution is -2.45. The summed E-state index contributed by atoms with van der Waals surface area (Å²) in [5, 5.41) is 12.2. The first-order valence-corrected chi connectivity index (χ1v) is 7.00. The molecular formula is C15H22N2O2. The van der Waals surface area contributed by atoms with Gasteiger partial charge < -0.3 is 15.3 Å². The predicted molar refractivity (Wildman–Crippen MR) is 76.1 cm³/mol. The van der Waals surface area contributed by atoms with Gasteiger partial charge in [0.2, 0.25) is 5.91 Å². The molecule has 19 heavy (non-hydrogen) atoms. The average Bonchev–Trinajstić information content (AvgIpc) is 2.47. The van der Waals surface area contributed by atoms with Crippen molar-refractivity contribution >= 4 is 11.6 Å². The molecular weight excluding hydrogens is 240 g/mol. The zero-order valence-corrected chi connectivity index (χ0v) is 11.4. The summed E-state index contributed by atoms with van der Waals surface area (Å²) in [5.41, 5.74) is 2.36. The van der Waals surface area contributed by atoms with Crippen LogP contribution < -0.4 is 5.32 Å². The normalized spacial score (nSPS) is 17.5. The molecule has 1 aromatic rings. The van der Waals surface area contributed by atoms with Crippen LogP contribution in [0.3, 0.4) is 0 Å². The molecule has 104 valence electrons. The van der Waals surface area contributed by atoms with Crippen molar-refractivity contribution in [2.24, 2.45) is 0 Å². The second kappa shape index (κ2) is 6.57.